The summed E-state index contributed by atoms with van der Waals surface area (Å²) in [5, 5.41) is 12.9. The number of hydrogen-bond acceptors (Lipinski definition) is 5. The molecule has 1 aliphatic carbocycles. The van der Waals surface area contributed by atoms with Crippen LogP contribution in [0.1, 0.15) is 71.2 Å². The van der Waals surface area contributed by atoms with E-state index < -0.39 is 23.3 Å². The number of rotatable bonds is 8. The third-order valence-corrected chi connectivity index (χ3v) is 6.90. The summed E-state index contributed by atoms with van der Waals surface area (Å²) in [5.74, 6) is -0.275. The molecule has 4 rings (SSSR count). The summed E-state index contributed by atoms with van der Waals surface area (Å²) >= 11 is 0. The van der Waals surface area contributed by atoms with Gasteiger partial charge in [-0.2, -0.15) is 0 Å². The van der Waals surface area contributed by atoms with Crippen LogP contribution >= 0.6 is 0 Å². The van der Waals surface area contributed by atoms with Gasteiger partial charge in [-0.25, -0.2) is 0 Å². The number of para-hydroxylation sites is 1. The van der Waals surface area contributed by atoms with Crippen LogP contribution in [0.3, 0.4) is 0 Å². The number of likely N-dealkylation sites (tertiary alicyclic amines) is 1. The minimum Gasteiger partial charge on any atom is -0.496 e. The van der Waals surface area contributed by atoms with Crippen molar-refractivity contribution in [3.8, 4) is 5.75 Å². The molecule has 2 heterocycles. The normalized spacial score (nSPS) is 17.9. The average Bonchev–Trinajstić information content (AvgIpc) is 2.90. The molecule has 0 unspecified atom stereocenters. The second-order valence-electron chi connectivity index (χ2n) is 9.56. The summed E-state index contributed by atoms with van der Waals surface area (Å²) in [6, 6.07) is 7.49. The largest absolute Gasteiger partial charge is 0.496 e. The first kappa shape index (κ1) is 25.7. The third kappa shape index (κ3) is 6.23. The maximum Gasteiger partial charge on any atom is 0.259 e. The smallest absolute Gasteiger partial charge is 0.259 e. The average molecular weight is 494 g/mol. The molecular weight excluding hydrogens is 458 g/mol. The molecule has 1 saturated heterocycles. The number of ether oxygens (including phenoxy) is 1. The number of pyridine rings is 1. The van der Waals surface area contributed by atoms with E-state index in [1.807, 2.05) is 24.3 Å². The van der Waals surface area contributed by atoms with Crippen LogP contribution in [0.4, 0.5) is 0 Å². The number of aliphatic hydroxyl groups excluding tert-OH is 1. The lowest BCUT2D eigenvalue weighted by atomic mass is 9.97. The van der Waals surface area contributed by atoms with Crippen LogP contribution in [-0.2, 0) is 6.54 Å². The zero-order valence-electron chi connectivity index (χ0n) is 20.9. The van der Waals surface area contributed by atoms with Gasteiger partial charge in [-0.3, -0.25) is 14.4 Å². The number of piperidine rings is 1. The highest BCUT2D eigenvalue weighted by Gasteiger charge is 2.27. The van der Waals surface area contributed by atoms with E-state index in [1.165, 1.54) is 35.7 Å². The fraction of sp³-hybridized carbons (Fsp3) is 0.464. The molecule has 0 saturated carbocycles. The van der Waals surface area contributed by atoms with Gasteiger partial charge in [-0.05, 0) is 51.0 Å². The number of amides is 2. The highest BCUT2D eigenvalue weighted by Crippen LogP contribution is 2.21. The van der Waals surface area contributed by atoms with Gasteiger partial charge in [0.1, 0.15) is 16.9 Å². The first-order valence-corrected chi connectivity index (χ1v) is 12.8. The molecule has 1 aromatic carbocycles. The van der Waals surface area contributed by atoms with Crippen LogP contribution in [-0.4, -0.2) is 59.2 Å². The molecule has 1 atom stereocenters. The standard InChI is InChI=1S/C28H35N3O5/c1-36-25-12-6-5-10-21(25)16-30-18-23(27(34)29-14-13-20-8-3-2-4-9-20)26(33)24(19-30)28(35)31-15-7-11-22(32)17-31/h5-6,8,10,12,18-19,22,32H,2-4,7,9,11,13-17H2,1H3,(H,29,34)/t22-/m1/s1. The lowest BCUT2D eigenvalue weighted by molar-refractivity contribution is 0.0472. The van der Waals surface area contributed by atoms with Crippen LogP contribution in [0.15, 0.2) is 53.1 Å². The number of aromatic nitrogens is 1. The number of benzene rings is 1. The van der Waals surface area contributed by atoms with E-state index in [0.29, 0.717) is 38.2 Å². The molecule has 0 bridgehead atoms. The molecule has 2 N–H and O–H groups in total. The molecule has 2 amide bonds. The Bertz CT molecular complexity index is 1190. The number of nitrogens with zero attached hydrogens (tertiary/aromatic N) is 2. The van der Waals surface area contributed by atoms with Gasteiger partial charge >= 0.3 is 0 Å². The van der Waals surface area contributed by atoms with Crippen molar-refractivity contribution >= 4 is 11.8 Å². The molecule has 8 heteroatoms. The topological polar surface area (TPSA) is 101 Å². The number of hydrogen-bond donors (Lipinski definition) is 2. The monoisotopic (exact) mass is 493 g/mol. The van der Waals surface area contributed by atoms with Crippen molar-refractivity contribution in [3.63, 3.8) is 0 Å². The van der Waals surface area contributed by atoms with E-state index in [2.05, 4.69) is 11.4 Å². The Balaban J connectivity index is 1.62. The highest BCUT2D eigenvalue weighted by molar-refractivity contribution is 5.99. The van der Waals surface area contributed by atoms with Crippen molar-refractivity contribution in [1.29, 1.82) is 0 Å². The second-order valence-corrected chi connectivity index (χ2v) is 9.56. The minimum atomic E-state index is -0.612. The predicted octanol–water partition coefficient (Wildman–Crippen LogP) is 3.12. The van der Waals surface area contributed by atoms with E-state index >= 15 is 0 Å². The van der Waals surface area contributed by atoms with Crippen LogP contribution in [0.2, 0.25) is 0 Å². The third-order valence-electron chi connectivity index (χ3n) is 6.90. The lowest BCUT2D eigenvalue weighted by Gasteiger charge is -2.30. The molecule has 1 aliphatic heterocycles. The Morgan fingerprint density at radius 1 is 1.14 bits per heavy atom. The maximum atomic E-state index is 13.3. The predicted molar refractivity (Wildman–Crippen MR) is 137 cm³/mol. The van der Waals surface area contributed by atoms with E-state index in [-0.39, 0.29) is 17.7 Å². The van der Waals surface area contributed by atoms with Gasteiger partial charge in [-0.1, -0.05) is 29.8 Å². The first-order chi connectivity index (χ1) is 17.5. The number of nitrogens with one attached hydrogen (secondary N) is 1. The highest BCUT2D eigenvalue weighted by atomic mass is 16.5. The Morgan fingerprint density at radius 3 is 2.69 bits per heavy atom. The molecule has 192 valence electrons. The Hall–Kier alpha value is -3.39. The molecule has 2 aromatic rings. The van der Waals surface area contributed by atoms with E-state index in [4.69, 9.17) is 4.74 Å². The molecule has 2 aliphatic rings. The Kier molecular flexibility index (Phi) is 8.59. The zero-order chi connectivity index (χ0) is 25.5. The van der Waals surface area contributed by atoms with E-state index in [1.54, 1.807) is 11.7 Å². The van der Waals surface area contributed by atoms with Crippen LogP contribution < -0.4 is 15.5 Å². The van der Waals surface area contributed by atoms with Crippen LogP contribution in [0.5, 0.6) is 5.75 Å². The summed E-state index contributed by atoms with van der Waals surface area (Å²) in [6.07, 6.45) is 11.2. The van der Waals surface area contributed by atoms with Crippen molar-refractivity contribution < 1.29 is 19.4 Å². The second kappa shape index (κ2) is 12.0. The van der Waals surface area contributed by atoms with Gasteiger partial charge in [0.2, 0.25) is 5.43 Å². The summed E-state index contributed by atoms with van der Waals surface area (Å²) in [5.41, 5.74) is 1.46. The van der Waals surface area contributed by atoms with Gasteiger partial charge in [0.15, 0.2) is 0 Å². The molecule has 1 fully saturated rings. The number of allylic oxidation sites excluding steroid dienone is 1. The fourth-order valence-electron chi connectivity index (χ4n) is 4.94. The van der Waals surface area contributed by atoms with Gasteiger partial charge in [0.25, 0.3) is 11.8 Å². The lowest BCUT2D eigenvalue weighted by Crippen LogP contribution is -2.44. The Labute approximate surface area is 211 Å². The molecule has 36 heavy (non-hydrogen) atoms. The zero-order valence-corrected chi connectivity index (χ0v) is 20.9. The number of methoxy groups -OCH3 is 1. The fourth-order valence-corrected chi connectivity index (χ4v) is 4.94. The van der Waals surface area contributed by atoms with Gasteiger partial charge in [-0.15, -0.1) is 0 Å². The number of carbonyl (C=O) groups excluding carboxylic acids is 2. The molecule has 1 aromatic heterocycles. The molecular formula is C28H35N3O5. The number of carbonyl (C=O) groups is 2. The maximum absolute atomic E-state index is 13.3. The first-order valence-electron chi connectivity index (χ1n) is 12.8. The molecule has 8 nitrogen and oxygen atoms in total. The Morgan fingerprint density at radius 2 is 1.94 bits per heavy atom. The van der Waals surface area contributed by atoms with Crippen molar-refractivity contribution in [2.24, 2.45) is 0 Å². The van der Waals surface area contributed by atoms with Gasteiger partial charge < -0.3 is 24.6 Å². The van der Waals surface area contributed by atoms with Gasteiger partial charge in [0, 0.05) is 37.6 Å². The number of aliphatic hydroxyl groups is 1. The number of β-amino-alcohol motifs (C(OH)–C–C–N with tert-alkyl or cyclic N) is 1. The van der Waals surface area contributed by atoms with Gasteiger partial charge in [0.05, 0.1) is 19.8 Å². The van der Waals surface area contributed by atoms with Crippen molar-refractivity contribution in [2.75, 3.05) is 26.7 Å². The quantitative estimate of drug-likeness (QED) is 0.551. The SMILES string of the molecule is COc1ccccc1Cn1cc(C(=O)NCCC2=CCCCC2)c(=O)c(C(=O)N2CCC[C@@H](O)C2)c1. The van der Waals surface area contributed by atoms with Crippen LogP contribution in [0, 0.1) is 0 Å². The van der Waals surface area contributed by atoms with E-state index in [9.17, 15) is 19.5 Å². The van der Waals surface area contributed by atoms with E-state index in [0.717, 1.165) is 24.8 Å². The summed E-state index contributed by atoms with van der Waals surface area (Å²) in [7, 11) is 1.58. The summed E-state index contributed by atoms with van der Waals surface area (Å²) in [6.45, 7) is 1.40. The molecule has 0 spiro atoms. The van der Waals surface area contributed by atoms with Crippen molar-refractivity contribution in [1.82, 2.24) is 14.8 Å². The van der Waals surface area contributed by atoms with Crippen molar-refractivity contribution in [3.05, 3.63) is 75.2 Å². The van der Waals surface area contributed by atoms with Crippen molar-refractivity contribution in [2.45, 2.75) is 57.6 Å². The van der Waals surface area contributed by atoms with Crippen LogP contribution in [0.25, 0.3) is 0 Å². The molecule has 0 radical (unpaired) electrons. The summed E-state index contributed by atoms with van der Waals surface area (Å²) in [4.78, 5) is 41.3. The minimum absolute atomic E-state index is 0.0640. The summed E-state index contributed by atoms with van der Waals surface area (Å²) < 4.78 is 7.14.